The molecule has 1 aromatic carbocycles. The molecule has 0 bridgehead atoms. The molecule has 2 heterocycles. The Hall–Kier alpha value is -0.770. The number of hydrogen-bond donors (Lipinski definition) is 1. The van der Waals surface area contributed by atoms with Crippen LogP contribution >= 0.6 is 35.6 Å². The Morgan fingerprint density at radius 1 is 1.26 bits per heavy atom. The maximum atomic E-state index is 5.89. The number of nitrogens with zero attached hydrogens (tertiary/aromatic N) is 3. The van der Waals surface area contributed by atoms with Crippen LogP contribution in [0, 0.1) is 0 Å². The van der Waals surface area contributed by atoms with Crippen molar-refractivity contribution in [3.8, 4) is 5.75 Å². The second-order valence-electron chi connectivity index (χ2n) is 6.57. The third-order valence-electron chi connectivity index (χ3n) is 4.80. The van der Waals surface area contributed by atoms with Gasteiger partial charge in [-0.1, -0.05) is 11.6 Å². The normalized spacial score (nSPS) is 21.0. The number of morpholine rings is 1. The van der Waals surface area contributed by atoms with Crippen molar-refractivity contribution >= 4 is 41.5 Å². The van der Waals surface area contributed by atoms with E-state index in [0.29, 0.717) is 24.2 Å². The first-order chi connectivity index (χ1) is 12.8. The second-order valence-corrected chi connectivity index (χ2v) is 7.01. The third-order valence-corrected chi connectivity index (χ3v) is 5.05. The molecule has 2 saturated heterocycles. The highest BCUT2D eigenvalue weighted by atomic mass is 127. The summed E-state index contributed by atoms with van der Waals surface area (Å²) in [6.45, 7) is 10.0. The molecule has 2 fully saturated rings. The molecule has 0 aliphatic carbocycles. The summed E-state index contributed by atoms with van der Waals surface area (Å²) in [5, 5.41) is 4.13. The zero-order chi connectivity index (χ0) is 18.2. The fourth-order valence-electron chi connectivity index (χ4n) is 3.45. The van der Waals surface area contributed by atoms with Crippen molar-refractivity contribution in [3.63, 3.8) is 0 Å². The first-order valence-corrected chi connectivity index (χ1v) is 9.87. The summed E-state index contributed by atoms with van der Waals surface area (Å²) in [6, 6.07) is 8.03. The summed E-state index contributed by atoms with van der Waals surface area (Å²) in [7, 11) is 0. The molecule has 2 aliphatic heterocycles. The van der Waals surface area contributed by atoms with E-state index in [9.17, 15) is 0 Å². The molecule has 0 aromatic heterocycles. The minimum absolute atomic E-state index is 0. The van der Waals surface area contributed by atoms with Crippen molar-refractivity contribution in [2.24, 2.45) is 4.99 Å². The fourth-order valence-corrected chi connectivity index (χ4v) is 3.57. The van der Waals surface area contributed by atoms with Gasteiger partial charge in [0.15, 0.2) is 5.96 Å². The van der Waals surface area contributed by atoms with Gasteiger partial charge in [0.05, 0.1) is 19.8 Å². The summed E-state index contributed by atoms with van der Waals surface area (Å²) < 4.78 is 11.2. The van der Waals surface area contributed by atoms with Crippen molar-refractivity contribution in [2.45, 2.75) is 19.4 Å². The first kappa shape index (κ1) is 22.5. The molecular formula is C19H30ClIN4O2. The van der Waals surface area contributed by atoms with Crippen LogP contribution < -0.4 is 10.1 Å². The highest BCUT2D eigenvalue weighted by Crippen LogP contribution is 2.17. The minimum atomic E-state index is 0. The van der Waals surface area contributed by atoms with Crippen molar-refractivity contribution < 1.29 is 9.47 Å². The topological polar surface area (TPSA) is 49.3 Å². The van der Waals surface area contributed by atoms with Gasteiger partial charge in [-0.15, -0.1) is 24.0 Å². The molecule has 0 saturated carbocycles. The van der Waals surface area contributed by atoms with Crippen LogP contribution in [0.25, 0.3) is 0 Å². The lowest BCUT2D eigenvalue weighted by molar-refractivity contribution is 0.0195. The maximum absolute atomic E-state index is 5.89. The molecule has 2 aliphatic rings. The lowest BCUT2D eigenvalue weighted by Crippen LogP contribution is -2.46. The molecule has 1 atom stereocenters. The van der Waals surface area contributed by atoms with E-state index in [1.54, 1.807) is 0 Å². The molecule has 1 unspecified atom stereocenters. The van der Waals surface area contributed by atoms with Gasteiger partial charge in [-0.2, -0.15) is 0 Å². The van der Waals surface area contributed by atoms with Gasteiger partial charge in [0, 0.05) is 43.8 Å². The number of hydrogen-bond acceptors (Lipinski definition) is 4. The van der Waals surface area contributed by atoms with Crippen LogP contribution in [0.4, 0.5) is 0 Å². The first-order valence-electron chi connectivity index (χ1n) is 9.49. The highest BCUT2D eigenvalue weighted by Gasteiger charge is 2.30. The highest BCUT2D eigenvalue weighted by molar-refractivity contribution is 14.0. The van der Waals surface area contributed by atoms with Crippen molar-refractivity contribution in [1.82, 2.24) is 15.1 Å². The SMILES string of the molecule is CCNC(=NCCOc1ccc(Cl)cc1)N1CCC(N2CCOCC2)C1.I. The monoisotopic (exact) mass is 508 g/mol. The van der Waals surface area contributed by atoms with E-state index in [2.05, 4.69) is 22.0 Å². The van der Waals surface area contributed by atoms with E-state index in [4.69, 9.17) is 26.1 Å². The average Bonchev–Trinajstić information content (AvgIpc) is 3.16. The van der Waals surface area contributed by atoms with Crippen molar-refractivity contribution in [3.05, 3.63) is 29.3 Å². The van der Waals surface area contributed by atoms with Crippen LogP contribution in [0.1, 0.15) is 13.3 Å². The van der Waals surface area contributed by atoms with E-state index in [0.717, 1.165) is 57.6 Å². The standard InChI is InChI=1S/C19H29ClN4O2.HI/c1-2-21-19(22-8-12-26-18-5-3-16(20)4-6-18)24-9-7-17(15-24)23-10-13-25-14-11-23;/h3-6,17H,2,7-15H2,1H3,(H,21,22);1H. The summed E-state index contributed by atoms with van der Waals surface area (Å²) >= 11 is 5.89. The molecule has 27 heavy (non-hydrogen) atoms. The minimum Gasteiger partial charge on any atom is -0.492 e. The molecule has 8 heteroatoms. The summed E-state index contributed by atoms with van der Waals surface area (Å²) in [5.74, 6) is 1.81. The van der Waals surface area contributed by atoms with Gasteiger partial charge in [0.25, 0.3) is 0 Å². The Balaban J connectivity index is 0.00000261. The molecule has 1 N–H and O–H groups in total. The number of aliphatic imine (C=N–C) groups is 1. The number of likely N-dealkylation sites (tertiary alicyclic amines) is 1. The summed E-state index contributed by atoms with van der Waals surface area (Å²) in [6.07, 6.45) is 1.19. The van der Waals surface area contributed by atoms with Crippen molar-refractivity contribution in [2.75, 3.05) is 59.1 Å². The van der Waals surface area contributed by atoms with Gasteiger partial charge in [-0.05, 0) is 37.6 Å². The summed E-state index contributed by atoms with van der Waals surface area (Å²) in [5.41, 5.74) is 0. The van der Waals surface area contributed by atoms with Crippen LogP contribution in [0.2, 0.25) is 5.02 Å². The van der Waals surface area contributed by atoms with Gasteiger partial charge >= 0.3 is 0 Å². The smallest absolute Gasteiger partial charge is 0.194 e. The molecule has 6 nitrogen and oxygen atoms in total. The maximum Gasteiger partial charge on any atom is 0.194 e. The van der Waals surface area contributed by atoms with E-state index in [-0.39, 0.29) is 24.0 Å². The van der Waals surface area contributed by atoms with Gasteiger partial charge in [0.2, 0.25) is 0 Å². The molecule has 1 aromatic rings. The van der Waals surface area contributed by atoms with Crippen LogP contribution in [-0.2, 0) is 4.74 Å². The van der Waals surface area contributed by atoms with E-state index in [1.807, 2.05) is 24.3 Å². The lowest BCUT2D eigenvalue weighted by atomic mass is 10.2. The number of rotatable bonds is 6. The van der Waals surface area contributed by atoms with Crippen LogP contribution in [0.15, 0.2) is 29.3 Å². The van der Waals surface area contributed by atoms with Crippen LogP contribution in [0.5, 0.6) is 5.75 Å². The number of benzene rings is 1. The van der Waals surface area contributed by atoms with E-state index in [1.165, 1.54) is 6.42 Å². The zero-order valence-electron chi connectivity index (χ0n) is 15.9. The molecule has 0 amide bonds. The van der Waals surface area contributed by atoms with Crippen LogP contribution in [0.3, 0.4) is 0 Å². The summed E-state index contributed by atoms with van der Waals surface area (Å²) in [4.78, 5) is 9.66. The quantitative estimate of drug-likeness (QED) is 0.277. The fraction of sp³-hybridized carbons (Fsp3) is 0.632. The molecule has 3 rings (SSSR count). The van der Waals surface area contributed by atoms with Gasteiger partial charge in [0.1, 0.15) is 12.4 Å². The number of halogens is 2. The number of guanidine groups is 1. The number of ether oxygens (including phenoxy) is 2. The van der Waals surface area contributed by atoms with Gasteiger partial charge < -0.3 is 19.7 Å². The lowest BCUT2D eigenvalue weighted by Gasteiger charge is -2.32. The molecule has 0 spiro atoms. The second kappa shape index (κ2) is 11.9. The predicted molar refractivity (Wildman–Crippen MR) is 121 cm³/mol. The van der Waals surface area contributed by atoms with E-state index < -0.39 is 0 Å². The van der Waals surface area contributed by atoms with E-state index >= 15 is 0 Å². The molecular weight excluding hydrogens is 479 g/mol. The Morgan fingerprint density at radius 2 is 2.00 bits per heavy atom. The molecule has 0 radical (unpaired) electrons. The predicted octanol–water partition coefficient (Wildman–Crippen LogP) is 2.71. The average molecular weight is 509 g/mol. The van der Waals surface area contributed by atoms with Gasteiger partial charge in [-0.25, -0.2) is 4.99 Å². The van der Waals surface area contributed by atoms with Crippen LogP contribution in [-0.4, -0.2) is 80.9 Å². The Bertz CT molecular complexity index is 582. The van der Waals surface area contributed by atoms with Gasteiger partial charge in [-0.3, -0.25) is 4.90 Å². The molecule has 152 valence electrons. The largest absolute Gasteiger partial charge is 0.492 e. The Kier molecular flexibility index (Phi) is 9.95. The Morgan fingerprint density at radius 3 is 2.70 bits per heavy atom. The van der Waals surface area contributed by atoms with Crippen molar-refractivity contribution in [1.29, 1.82) is 0 Å². The zero-order valence-corrected chi connectivity index (χ0v) is 19.0. The Labute approximate surface area is 184 Å². The number of nitrogens with one attached hydrogen (secondary N) is 1. The third kappa shape index (κ3) is 6.96.